The van der Waals surface area contributed by atoms with E-state index >= 15 is 0 Å². The Morgan fingerprint density at radius 3 is 1.13 bits per heavy atom. The summed E-state index contributed by atoms with van der Waals surface area (Å²) in [6.45, 7) is 29.6. The number of methoxy groups -OCH3 is 6. The first-order valence-electron chi connectivity index (χ1n) is 45.6. The van der Waals surface area contributed by atoms with Gasteiger partial charge in [-0.15, -0.1) is 0 Å². The summed E-state index contributed by atoms with van der Waals surface area (Å²) in [5, 5.41) is 59.4. The maximum Gasteiger partial charge on any atom is 1.00 e. The second kappa shape index (κ2) is 74.0. The van der Waals surface area contributed by atoms with Gasteiger partial charge in [0.05, 0.1) is 116 Å². The first kappa shape index (κ1) is 140. The average molecular weight is 2020 g/mol. The Balaban J connectivity index is -0.00000152. The van der Waals surface area contributed by atoms with Crippen molar-refractivity contribution in [2.45, 2.75) is 192 Å². The summed E-state index contributed by atoms with van der Waals surface area (Å²) < 4.78 is 65.1. The zero-order valence-corrected chi connectivity index (χ0v) is 94.6. The Labute approximate surface area is 916 Å². The van der Waals surface area contributed by atoms with E-state index in [2.05, 4.69) is 30.8 Å². The summed E-state index contributed by atoms with van der Waals surface area (Å²) in [5.41, 5.74) is 8.84. The van der Waals surface area contributed by atoms with Crippen molar-refractivity contribution in [2.24, 2.45) is 94.5 Å². The molecule has 41 heteroatoms. The van der Waals surface area contributed by atoms with Crippen LogP contribution in [0, 0.1) is 110 Å². The number of imide groups is 1. The molecule has 0 spiro atoms. The summed E-state index contributed by atoms with van der Waals surface area (Å²) in [7, 11) is 7.18. The van der Waals surface area contributed by atoms with Crippen molar-refractivity contribution < 1.29 is 283 Å². The second-order valence-electron chi connectivity index (χ2n) is 33.9. The fourth-order valence-electron chi connectivity index (χ4n) is 15.7. The minimum Gasteiger partial charge on any atom is -0.870 e. The van der Waals surface area contributed by atoms with Crippen LogP contribution in [0.15, 0.2) is 97.1 Å². The molecule has 3 heterocycles. The summed E-state index contributed by atoms with van der Waals surface area (Å²) in [4.78, 5) is 211. The molecule has 0 aromatic heterocycles. The van der Waals surface area contributed by atoms with Crippen LogP contribution < -0.4 is 154 Å². The molecule has 18 atom stereocenters. The minimum absolute atomic E-state index is 0. The van der Waals surface area contributed by atoms with Crippen LogP contribution in [-0.2, 0) is 105 Å². The number of likely N-dealkylation sites (tertiary alicyclic amines) is 1. The molecule has 6 N–H and O–H groups in total. The zero-order chi connectivity index (χ0) is 103. The summed E-state index contributed by atoms with van der Waals surface area (Å²) in [5.74, 6) is -31.4. The van der Waals surface area contributed by atoms with Gasteiger partial charge in [-0.05, 0) is 139 Å². The number of hydrogen-bond acceptors (Lipinski definition) is 35. The number of aliphatic hydroxyl groups is 2. The van der Waals surface area contributed by atoms with Crippen LogP contribution in [0.2, 0.25) is 0 Å². The van der Waals surface area contributed by atoms with E-state index in [9.17, 15) is 92.0 Å². The van der Waals surface area contributed by atoms with Crippen LogP contribution in [0.5, 0.6) is 11.5 Å². The van der Waals surface area contributed by atoms with Crippen molar-refractivity contribution in [1.29, 1.82) is 0 Å². The molecule has 4 aromatic carbocycles. The van der Waals surface area contributed by atoms with Crippen LogP contribution in [0.1, 0.15) is 194 Å². The quantitative estimate of drug-likeness (QED) is 0.00467. The van der Waals surface area contributed by atoms with E-state index in [4.69, 9.17) is 68.1 Å². The number of esters is 6. The number of cyclic esters (lactones) is 4. The summed E-state index contributed by atoms with van der Waals surface area (Å²) in [6, 6.07) is 26.4. The molecule has 0 radical (unpaired) electrons. The number of aryl methyl sites for hydroxylation is 2. The van der Waals surface area contributed by atoms with Gasteiger partial charge in [-0.25, -0.2) is 0 Å². The molecule has 3 aliphatic rings. The van der Waals surface area contributed by atoms with E-state index < -0.39 is 205 Å². The third kappa shape index (κ3) is 44.7. The number of ether oxygens (including phenoxy) is 12. The normalized spacial score (nSPS) is 18.0. The van der Waals surface area contributed by atoms with E-state index in [0.29, 0.717) is 34.8 Å². The molecule has 141 heavy (non-hydrogen) atoms. The number of nitrogens with one attached hydrogen (secondary N) is 1. The molecular weight excluding hydrogens is 1880 g/mol. The number of aliphatic hydroxyl groups excluding tert-OH is 2. The molecule has 766 valence electrons. The van der Waals surface area contributed by atoms with Gasteiger partial charge in [0.1, 0.15) is 31.3 Å². The van der Waals surface area contributed by atoms with Crippen LogP contribution in [0.3, 0.4) is 0 Å². The van der Waals surface area contributed by atoms with Crippen molar-refractivity contribution in [2.75, 3.05) is 102 Å². The largest absolute Gasteiger partial charge is 1.00 e. The average Bonchev–Trinajstić information content (AvgIpc) is 1.62. The van der Waals surface area contributed by atoms with Crippen molar-refractivity contribution in [1.82, 2.24) is 10.2 Å². The molecule has 4 aromatic rings. The number of carboxylic acid groups (broad SMARTS) is 3. The topological polar surface area (TPSA) is 565 Å². The van der Waals surface area contributed by atoms with E-state index in [0.717, 1.165) is 43.9 Å². The molecule has 37 nitrogen and oxygen atoms in total. The Morgan fingerprint density at radius 2 is 0.809 bits per heavy atom. The number of hydrogen-bond donors (Lipinski definition) is 4. The van der Waals surface area contributed by atoms with Gasteiger partial charge < -0.3 is 120 Å². The SMILES string of the molecule is CC(C)CN.CCC(OC)C1C(=O)OC(=O)C1C.CCO.CCOC(=O)C(C(CC(C(=O)[O-])C(C(=O)OCCOc1ccc(C(=O)CC(=O)c2ccc(C)cc2)cc1)C(CC)OC)OC)C(CC(OC)C1C(=O)N(CC(C)C)C(=O)C1CC(OC)C(C(=O)NCC(C)C)C(CC(OC)C1C(=O)OC(=O)C1C)C(=O)[O-])C(=O)[O-].Cc1ccc(C(=O)CC(=O)c2ccc(OCCO)cc2)cc1.[CH2-]C.[Na+].[Na+].[Na+].[Na+].[OH-]. The molecule has 3 saturated heterocycles. The standard InChI is InChI=1S/C65H90N2O24.C18H18O4.C9H14O4.C4H11N.C2H6O.C2H5.4Na.H2O/c1-14-46(83-9)54(64(81)90-25-24-89-39-22-20-38(21-23-39)45(69)30-44(68)37-18-16-35(7)17-19-37)42(60(75)76)29-50(87-13)55(63(80)88-15-2)43(61(77)78)28-49(86-12)53-40(57(71)67(58(53)72)32-34(5)6)26-48(85-11)52(56(70)66-31-33(3)4)41(59(73)74)27-47(84-10)51-36(8)62(79)91-65(51)82;1-13-2-4-14(5-3-13)17(20)12-18(21)15-6-8-16(9-7-15)22-11-10-19;1-4-6(12-3)7-5(2)8(10)13-9(7)11;1-4(2)3-5;1-2-3;1-2;;;;;/h16-23,33-34,36,40-43,46-55H,14-15,24-32H2,1-13H3,(H,66,70)(H,73,74)(H,75,76)(H,77,78);2-9,19H,10-12H2,1H3;5-7H,4H2,1-3H3;4H,3,5H2,1-2H3;3H,2H2,1H3;1H2,2H3;;;;;1H2/q;;;;;-1;4*+1;/p-4. The predicted molar refractivity (Wildman–Crippen MR) is 491 cm³/mol. The van der Waals surface area contributed by atoms with Crippen LogP contribution >= 0.6 is 0 Å². The second-order valence-corrected chi connectivity index (χ2v) is 33.9. The van der Waals surface area contributed by atoms with Gasteiger partial charge in [-0.3, -0.25) is 67.2 Å². The van der Waals surface area contributed by atoms with Crippen molar-refractivity contribution in [3.63, 3.8) is 0 Å². The zero-order valence-electron chi connectivity index (χ0n) is 86.6. The minimum atomic E-state index is -2.10. The molecular formula is C100H142N3Na4O34-. The first-order valence-corrected chi connectivity index (χ1v) is 45.6. The number of aliphatic carboxylic acids is 3. The smallest absolute Gasteiger partial charge is 0.870 e. The van der Waals surface area contributed by atoms with Crippen LogP contribution in [0.4, 0.5) is 0 Å². The van der Waals surface area contributed by atoms with Gasteiger partial charge in [-0.1, -0.05) is 129 Å². The monoisotopic (exact) mass is 2020 g/mol. The number of nitrogens with two attached hydrogens (primary N) is 1. The Kier molecular flexibility index (Phi) is 73.6. The van der Waals surface area contributed by atoms with E-state index in [1.165, 1.54) is 59.4 Å². The Bertz CT molecular complexity index is 4480. The number of amides is 3. The van der Waals surface area contributed by atoms with Gasteiger partial charge >= 0.3 is 154 Å². The molecule has 3 fully saturated rings. The predicted octanol–water partition coefficient (Wildman–Crippen LogP) is -5.86. The number of Topliss-reactive ketones (excluding diaryl/α,β-unsaturated/α-hetero) is 4. The van der Waals surface area contributed by atoms with Gasteiger partial charge in [0.25, 0.3) is 0 Å². The molecule has 0 saturated carbocycles. The third-order valence-corrected chi connectivity index (χ3v) is 23.0. The maximum absolute atomic E-state index is 14.9. The molecule has 0 aliphatic carbocycles. The van der Waals surface area contributed by atoms with E-state index in [1.807, 2.05) is 32.9 Å². The fraction of sp³-hybridized carbons (Fsp3) is 0.590. The Hall–Kier alpha value is -7.00. The van der Waals surface area contributed by atoms with Gasteiger partial charge in [0.2, 0.25) is 17.7 Å². The van der Waals surface area contributed by atoms with Crippen molar-refractivity contribution in [3.05, 3.63) is 137 Å². The number of nitrogens with zero attached hydrogens (tertiary/aromatic N) is 1. The van der Waals surface area contributed by atoms with E-state index in [1.54, 1.807) is 116 Å². The van der Waals surface area contributed by atoms with Gasteiger partial charge in [0.15, 0.2) is 23.1 Å². The van der Waals surface area contributed by atoms with Crippen LogP contribution in [-0.4, -0.2) is 254 Å². The number of rotatable bonds is 52. The molecule has 7 rings (SSSR count). The first-order chi connectivity index (χ1) is 64.4. The third-order valence-electron chi connectivity index (χ3n) is 23.0. The van der Waals surface area contributed by atoms with Crippen molar-refractivity contribution >= 4 is 94.6 Å². The number of carbonyl (C=O) groups is 16. The molecule has 0 bridgehead atoms. The maximum atomic E-state index is 14.9. The van der Waals surface area contributed by atoms with Crippen molar-refractivity contribution in [3.8, 4) is 11.5 Å². The Morgan fingerprint density at radius 1 is 0.454 bits per heavy atom. The number of carboxylic acids is 3. The molecule has 3 aliphatic heterocycles. The molecule has 3 amide bonds. The number of carbonyl (C=O) groups excluding carboxylic acids is 16. The van der Waals surface area contributed by atoms with E-state index in [-0.39, 0.29) is 242 Å². The number of benzene rings is 4. The fourth-order valence-corrected chi connectivity index (χ4v) is 15.7. The summed E-state index contributed by atoms with van der Waals surface area (Å²) >= 11 is 0. The molecule has 18 unspecified atom stereocenters. The van der Waals surface area contributed by atoms with Gasteiger partial charge in [-0.2, -0.15) is 6.92 Å². The van der Waals surface area contributed by atoms with Gasteiger partial charge in [0, 0.05) is 120 Å². The summed E-state index contributed by atoms with van der Waals surface area (Å²) in [6.07, 6.45) is -10.4. The number of ketones is 4. The van der Waals surface area contributed by atoms with Crippen LogP contribution in [0.25, 0.3) is 0 Å².